The van der Waals surface area contributed by atoms with Crippen LogP contribution in [0.5, 0.6) is 0 Å². The third-order valence-electron chi connectivity index (χ3n) is 5.92. The van der Waals surface area contributed by atoms with E-state index in [4.69, 9.17) is 0 Å². The van der Waals surface area contributed by atoms with Crippen molar-refractivity contribution in [1.82, 2.24) is 9.44 Å². The van der Waals surface area contributed by atoms with E-state index in [0.29, 0.717) is 37.1 Å². The van der Waals surface area contributed by atoms with Gasteiger partial charge in [0.1, 0.15) is 0 Å². The predicted octanol–water partition coefficient (Wildman–Crippen LogP) is 4.11. The molecule has 1 aliphatic carbocycles. The molecule has 0 spiro atoms. The fourth-order valence-corrected chi connectivity index (χ4v) is 6.99. The summed E-state index contributed by atoms with van der Waals surface area (Å²) in [7, 11) is -9.84. The van der Waals surface area contributed by atoms with Crippen LogP contribution in [0.15, 0.2) is 46.2 Å². The summed E-state index contributed by atoms with van der Waals surface area (Å²) in [4.78, 5) is 17.8. The van der Waals surface area contributed by atoms with E-state index in [1.807, 2.05) is 9.44 Å². The van der Waals surface area contributed by atoms with Gasteiger partial charge in [-0.15, -0.1) is 0 Å². The van der Waals surface area contributed by atoms with Gasteiger partial charge in [-0.2, -0.15) is 26.3 Å². The Balaban J connectivity index is 1.95. The number of halogens is 6. The van der Waals surface area contributed by atoms with Crippen LogP contribution in [0.25, 0.3) is 0 Å². The van der Waals surface area contributed by atoms with Crippen molar-refractivity contribution in [3.8, 4) is 0 Å². The lowest BCUT2D eigenvalue weighted by Gasteiger charge is -2.32. The number of nitrogens with one attached hydrogen (secondary N) is 2. The highest BCUT2D eigenvalue weighted by Crippen LogP contribution is 2.36. The molecule has 20 heteroatoms. The summed E-state index contributed by atoms with van der Waals surface area (Å²) in [6, 6.07) is -1.24. The maximum Gasteiger partial charge on any atom is 0.416 e. The molecule has 1 fully saturated rings. The largest absolute Gasteiger partial charge is 0.416 e. The molecule has 0 radical (unpaired) electrons. The number of nitro benzene ring substituents is 2. The first-order valence-corrected chi connectivity index (χ1v) is 14.0. The highest BCUT2D eigenvalue weighted by Gasteiger charge is 2.40. The Hall–Kier alpha value is -3.36. The molecule has 1 aliphatic rings. The number of sulfonamides is 2. The van der Waals surface area contributed by atoms with Gasteiger partial charge in [0, 0.05) is 24.2 Å². The Morgan fingerprint density at radius 2 is 1.00 bits per heavy atom. The average molecular weight is 621 g/mol. The Labute approximate surface area is 221 Å². The first kappa shape index (κ1) is 31.2. The van der Waals surface area contributed by atoms with Crippen LogP contribution >= 0.6 is 0 Å². The number of nitrogens with zero attached hydrogens (tertiary/aromatic N) is 2. The van der Waals surface area contributed by atoms with Crippen LogP contribution in [0.3, 0.4) is 0 Å². The molecular formula is C20H18F6N4O8S2. The summed E-state index contributed by atoms with van der Waals surface area (Å²) in [5.41, 5.74) is -5.76. The standard InChI is InChI=1S/C20H18F6N4O8S2/c21-19(22,23)11-5-7-17(15(9-11)29(31)32)39(35,36)27-13-3-1-2-4-14(13)28-40(37,38)18-8-6-12(20(24,25)26)10-16(18)30(33)34/h5-10,13-14,27-28H,1-4H2/t13-,14-/m1/s1. The fourth-order valence-electron chi connectivity index (χ4n) is 4.07. The Bertz CT molecular complexity index is 1430. The lowest BCUT2D eigenvalue weighted by atomic mass is 9.92. The van der Waals surface area contributed by atoms with Gasteiger partial charge < -0.3 is 0 Å². The molecule has 220 valence electrons. The molecular weight excluding hydrogens is 602 g/mol. The molecule has 2 aromatic carbocycles. The molecule has 0 aromatic heterocycles. The Morgan fingerprint density at radius 3 is 1.27 bits per heavy atom. The highest BCUT2D eigenvalue weighted by atomic mass is 32.2. The van der Waals surface area contributed by atoms with Crippen LogP contribution in [-0.2, 0) is 32.4 Å². The van der Waals surface area contributed by atoms with Crippen molar-refractivity contribution >= 4 is 31.4 Å². The van der Waals surface area contributed by atoms with Gasteiger partial charge in [-0.05, 0) is 37.1 Å². The molecule has 0 saturated heterocycles. The molecule has 12 nitrogen and oxygen atoms in total. The normalized spacial score (nSPS) is 18.9. The third-order valence-corrected chi connectivity index (χ3v) is 9.00. The number of nitro groups is 2. The minimum Gasteiger partial charge on any atom is -0.258 e. The monoisotopic (exact) mass is 620 g/mol. The van der Waals surface area contributed by atoms with E-state index in [1.54, 1.807) is 0 Å². The lowest BCUT2D eigenvalue weighted by molar-refractivity contribution is -0.388. The molecule has 0 unspecified atom stereocenters. The number of hydrogen-bond acceptors (Lipinski definition) is 8. The minimum absolute atomic E-state index is 0.0271. The van der Waals surface area contributed by atoms with Crippen molar-refractivity contribution in [2.45, 2.75) is 59.9 Å². The van der Waals surface area contributed by atoms with E-state index in [9.17, 15) is 63.4 Å². The second kappa shape index (κ2) is 10.9. The average Bonchev–Trinajstić information content (AvgIpc) is 2.83. The van der Waals surface area contributed by atoms with E-state index in [2.05, 4.69) is 0 Å². The molecule has 40 heavy (non-hydrogen) atoms. The minimum atomic E-state index is -5.02. The van der Waals surface area contributed by atoms with E-state index in [0.717, 1.165) is 0 Å². The van der Waals surface area contributed by atoms with Gasteiger partial charge in [0.15, 0.2) is 9.79 Å². The maximum atomic E-state index is 13.0. The molecule has 1 saturated carbocycles. The van der Waals surface area contributed by atoms with Crippen LogP contribution in [0.2, 0.25) is 0 Å². The summed E-state index contributed by atoms with van der Waals surface area (Å²) < 4.78 is 134. The van der Waals surface area contributed by atoms with Crippen LogP contribution in [0.4, 0.5) is 37.7 Å². The molecule has 2 atom stereocenters. The first-order valence-electron chi connectivity index (χ1n) is 11.0. The van der Waals surface area contributed by atoms with Crippen LogP contribution in [-0.4, -0.2) is 38.8 Å². The van der Waals surface area contributed by atoms with Gasteiger partial charge in [0.2, 0.25) is 20.0 Å². The van der Waals surface area contributed by atoms with E-state index >= 15 is 0 Å². The van der Waals surface area contributed by atoms with Crippen LogP contribution in [0.1, 0.15) is 36.8 Å². The fraction of sp³-hybridized carbons (Fsp3) is 0.400. The van der Waals surface area contributed by atoms with Gasteiger partial charge in [-0.1, -0.05) is 12.8 Å². The van der Waals surface area contributed by atoms with Crippen molar-refractivity contribution in [3.63, 3.8) is 0 Å². The molecule has 0 aliphatic heterocycles. The van der Waals surface area contributed by atoms with Crippen molar-refractivity contribution in [2.24, 2.45) is 0 Å². The quantitative estimate of drug-likeness (QED) is 0.251. The number of hydrogen-bond donors (Lipinski definition) is 2. The SMILES string of the molecule is O=[N+]([O-])c1cc(C(F)(F)F)ccc1S(=O)(=O)N[C@@H]1CCCC[C@H]1NS(=O)(=O)c1ccc(C(F)(F)F)cc1[N+](=O)[O-]. The zero-order valence-corrected chi connectivity index (χ0v) is 21.3. The zero-order chi connectivity index (χ0) is 30.3. The van der Waals surface area contributed by atoms with Gasteiger partial charge in [0.25, 0.3) is 11.4 Å². The lowest BCUT2D eigenvalue weighted by Crippen LogP contribution is -2.53. The Kier molecular flexibility index (Phi) is 8.49. The third kappa shape index (κ3) is 6.85. The van der Waals surface area contributed by atoms with Gasteiger partial charge in [-0.25, -0.2) is 26.3 Å². The molecule has 0 amide bonds. The van der Waals surface area contributed by atoms with Gasteiger partial charge >= 0.3 is 12.4 Å². The number of alkyl halides is 6. The van der Waals surface area contributed by atoms with Crippen molar-refractivity contribution in [2.75, 3.05) is 0 Å². The van der Waals surface area contributed by atoms with Crippen LogP contribution in [0, 0.1) is 20.2 Å². The Morgan fingerprint density at radius 1 is 0.675 bits per heavy atom. The molecule has 3 rings (SSSR count). The van der Waals surface area contributed by atoms with Gasteiger partial charge in [-0.3, -0.25) is 20.2 Å². The molecule has 0 heterocycles. The summed E-state index contributed by atoms with van der Waals surface area (Å²) in [6.45, 7) is 0. The zero-order valence-electron chi connectivity index (χ0n) is 19.7. The smallest absolute Gasteiger partial charge is 0.258 e. The topological polar surface area (TPSA) is 179 Å². The summed E-state index contributed by atoms with van der Waals surface area (Å²) in [5, 5.41) is 22.7. The predicted molar refractivity (Wildman–Crippen MR) is 123 cm³/mol. The molecule has 0 bridgehead atoms. The number of rotatable bonds is 8. The summed E-state index contributed by atoms with van der Waals surface area (Å²) in [6.07, 6.45) is -9.52. The van der Waals surface area contributed by atoms with E-state index in [-0.39, 0.29) is 25.0 Å². The second-order valence-corrected chi connectivity index (χ2v) is 12.0. The van der Waals surface area contributed by atoms with Gasteiger partial charge in [0.05, 0.1) is 21.0 Å². The maximum absolute atomic E-state index is 13.0. The second-order valence-electron chi connectivity index (χ2n) is 8.61. The van der Waals surface area contributed by atoms with Crippen molar-refractivity contribution < 1.29 is 53.0 Å². The molecule has 2 N–H and O–H groups in total. The summed E-state index contributed by atoms with van der Waals surface area (Å²) >= 11 is 0. The van der Waals surface area contributed by atoms with Crippen molar-refractivity contribution in [1.29, 1.82) is 0 Å². The van der Waals surface area contributed by atoms with Crippen LogP contribution < -0.4 is 9.44 Å². The highest BCUT2D eigenvalue weighted by molar-refractivity contribution is 7.90. The summed E-state index contributed by atoms with van der Waals surface area (Å²) in [5.74, 6) is 0. The van der Waals surface area contributed by atoms with E-state index < -0.39 is 86.6 Å². The first-order chi connectivity index (χ1) is 18.2. The molecule has 2 aromatic rings. The number of benzene rings is 2. The van der Waals surface area contributed by atoms with Crippen molar-refractivity contribution in [3.05, 3.63) is 67.8 Å². The van der Waals surface area contributed by atoms with E-state index in [1.165, 1.54) is 0 Å².